The van der Waals surface area contributed by atoms with Gasteiger partial charge in [-0.3, -0.25) is 19.8 Å². The highest BCUT2D eigenvalue weighted by Crippen LogP contribution is 2.31. The van der Waals surface area contributed by atoms with Crippen LogP contribution in [0.25, 0.3) is 0 Å². The van der Waals surface area contributed by atoms with Crippen molar-refractivity contribution in [3.8, 4) is 0 Å². The van der Waals surface area contributed by atoms with Crippen molar-refractivity contribution in [1.82, 2.24) is 15.3 Å². The molecule has 118 valence electrons. The first-order valence-corrected chi connectivity index (χ1v) is 6.90. The number of rotatable bonds is 6. The van der Waals surface area contributed by atoms with E-state index in [1.807, 2.05) is 0 Å². The Hall–Kier alpha value is -1.89. The molecule has 7 heteroatoms. The predicted molar refractivity (Wildman–Crippen MR) is 77.1 cm³/mol. The van der Waals surface area contributed by atoms with Crippen LogP contribution in [0.15, 0.2) is 12.7 Å². The van der Waals surface area contributed by atoms with Crippen molar-refractivity contribution in [3.63, 3.8) is 0 Å². The lowest BCUT2D eigenvalue weighted by atomic mass is 9.97. The number of carboxylic acids is 1. The summed E-state index contributed by atoms with van der Waals surface area (Å²) in [5.74, 6) is -1.38. The number of nitrogens with one attached hydrogen (secondary N) is 1. The van der Waals surface area contributed by atoms with E-state index in [4.69, 9.17) is 0 Å². The van der Waals surface area contributed by atoms with Crippen LogP contribution >= 0.6 is 0 Å². The minimum absolute atomic E-state index is 0.0432. The number of hydrazine groups is 1. The fraction of sp³-hybridized carbons (Fsp3) is 0.643. The fourth-order valence-corrected chi connectivity index (χ4v) is 2.62. The molecule has 0 bridgehead atoms. The Balaban J connectivity index is 2.87. The number of aliphatic carboxylic acids is 1. The molecule has 2 amide bonds. The van der Waals surface area contributed by atoms with Crippen LogP contribution in [0.2, 0.25) is 0 Å². The van der Waals surface area contributed by atoms with Crippen LogP contribution in [-0.2, 0) is 14.4 Å². The zero-order valence-corrected chi connectivity index (χ0v) is 12.7. The summed E-state index contributed by atoms with van der Waals surface area (Å²) in [4.78, 5) is 35.5. The Kier molecular flexibility index (Phi) is 5.90. The van der Waals surface area contributed by atoms with E-state index in [9.17, 15) is 19.5 Å². The topological polar surface area (TPSA) is 89.9 Å². The van der Waals surface area contributed by atoms with Crippen molar-refractivity contribution >= 4 is 17.8 Å². The van der Waals surface area contributed by atoms with Gasteiger partial charge in [0.05, 0.1) is 0 Å². The quantitative estimate of drug-likeness (QED) is 0.685. The van der Waals surface area contributed by atoms with Crippen molar-refractivity contribution in [2.24, 2.45) is 5.92 Å². The third-order valence-corrected chi connectivity index (χ3v) is 3.85. The Labute approximate surface area is 124 Å². The van der Waals surface area contributed by atoms with E-state index in [1.54, 1.807) is 18.0 Å². The zero-order valence-electron chi connectivity index (χ0n) is 12.7. The molecule has 0 aromatic rings. The smallest absolute Gasteiger partial charge is 0.322 e. The molecule has 1 fully saturated rings. The van der Waals surface area contributed by atoms with Crippen LogP contribution in [0.1, 0.15) is 26.7 Å². The summed E-state index contributed by atoms with van der Waals surface area (Å²) >= 11 is 0. The van der Waals surface area contributed by atoms with Gasteiger partial charge in [0, 0.05) is 33.5 Å². The van der Waals surface area contributed by atoms with Gasteiger partial charge in [-0.25, -0.2) is 5.01 Å². The zero-order chi connectivity index (χ0) is 16.2. The summed E-state index contributed by atoms with van der Waals surface area (Å²) in [6, 6.07) is -0.959. The average Bonchev–Trinajstić information content (AvgIpc) is 2.73. The number of amides is 2. The van der Waals surface area contributed by atoms with E-state index in [0.29, 0.717) is 19.4 Å². The lowest BCUT2D eigenvalue weighted by Gasteiger charge is -2.30. The fourth-order valence-electron chi connectivity index (χ4n) is 2.62. The number of carboxylic acid groups (broad SMARTS) is 1. The van der Waals surface area contributed by atoms with Crippen LogP contribution in [0.5, 0.6) is 0 Å². The van der Waals surface area contributed by atoms with Crippen LogP contribution in [0, 0.1) is 5.92 Å². The Bertz CT molecular complexity index is 438. The van der Waals surface area contributed by atoms with Gasteiger partial charge in [-0.1, -0.05) is 6.08 Å². The van der Waals surface area contributed by atoms with Crippen molar-refractivity contribution in [2.45, 2.75) is 38.8 Å². The Morgan fingerprint density at radius 1 is 1.43 bits per heavy atom. The van der Waals surface area contributed by atoms with Gasteiger partial charge in [-0.15, -0.1) is 6.58 Å². The minimum atomic E-state index is -0.974. The van der Waals surface area contributed by atoms with Crippen molar-refractivity contribution in [3.05, 3.63) is 12.7 Å². The molecule has 21 heavy (non-hydrogen) atoms. The molecule has 1 aliphatic rings. The molecule has 0 aliphatic carbocycles. The van der Waals surface area contributed by atoms with Gasteiger partial charge in [0.15, 0.2) is 0 Å². The maximum Gasteiger partial charge on any atom is 0.322 e. The van der Waals surface area contributed by atoms with Crippen LogP contribution in [0.3, 0.4) is 0 Å². The van der Waals surface area contributed by atoms with Crippen LogP contribution in [0.4, 0.5) is 0 Å². The average molecular weight is 297 g/mol. The summed E-state index contributed by atoms with van der Waals surface area (Å²) in [5, 5.41) is 10.8. The van der Waals surface area contributed by atoms with E-state index < -0.39 is 12.0 Å². The summed E-state index contributed by atoms with van der Waals surface area (Å²) in [7, 11) is 1.69. The first-order valence-electron chi connectivity index (χ1n) is 6.90. The molecule has 2 N–H and O–H groups in total. The van der Waals surface area contributed by atoms with Gasteiger partial charge in [-0.05, 0) is 18.8 Å². The predicted octanol–water partition coefficient (Wildman–Crippen LogP) is 0.236. The maximum atomic E-state index is 11.4. The number of hydrogen-bond acceptors (Lipinski definition) is 4. The lowest BCUT2D eigenvalue weighted by molar-refractivity contribution is -0.145. The lowest BCUT2D eigenvalue weighted by Crippen LogP contribution is -2.52. The molecule has 0 radical (unpaired) electrons. The Morgan fingerprint density at radius 3 is 2.48 bits per heavy atom. The second-order valence-corrected chi connectivity index (χ2v) is 5.36. The van der Waals surface area contributed by atoms with Gasteiger partial charge < -0.3 is 10.0 Å². The number of carbonyl (C=O) groups is 3. The number of hydrogen-bond donors (Lipinski definition) is 2. The summed E-state index contributed by atoms with van der Waals surface area (Å²) in [6.07, 6.45) is 2.68. The molecule has 7 nitrogen and oxygen atoms in total. The third-order valence-electron chi connectivity index (χ3n) is 3.85. The van der Waals surface area contributed by atoms with Crippen LogP contribution in [-0.4, -0.2) is 58.5 Å². The van der Waals surface area contributed by atoms with E-state index in [-0.39, 0.29) is 23.8 Å². The van der Waals surface area contributed by atoms with Crippen LogP contribution < -0.4 is 5.43 Å². The van der Waals surface area contributed by atoms with Crippen molar-refractivity contribution < 1.29 is 19.5 Å². The third kappa shape index (κ3) is 4.29. The highest BCUT2D eigenvalue weighted by molar-refractivity contribution is 5.76. The molecule has 0 saturated carbocycles. The van der Waals surface area contributed by atoms with Gasteiger partial charge in [0.1, 0.15) is 6.04 Å². The molecular formula is C14H23N3O4. The molecule has 3 atom stereocenters. The van der Waals surface area contributed by atoms with Gasteiger partial charge in [-0.2, -0.15) is 0 Å². The van der Waals surface area contributed by atoms with Gasteiger partial charge >= 0.3 is 5.97 Å². The van der Waals surface area contributed by atoms with Gasteiger partial charge in [0.25, 0.3) is 0 Å². The van der Waals surface area contributed by atoms with E-state index >= 15 is 0 Å². The standard InChI is InChI=1S/C14H23N3O4/c1-5-11-8-13(14(20)21)17(15-9(2)18)12(11)6-7-16(4)10(3)19/h5,11-13H,1,6-8H2,2-4H3,(H,15,18)(H,20,21). The number of carbonyl (C=O) groups excluding carboxylic acids is 2. The van der Waals surface area contributed by atoms with E-state index in [0.717, 1.165) is 0 Å². The molecule has 1 rings (SSSR count). The monoisotopic (exact) mass is 297 g/mol. The van der Waals surface area contributed by atoms with E-state index in [1.165, 1.54) is 18.9 Å². The second kappa shape index (κ2) is 7.21. The Morgan fingerprint density at radius 2 is 2.05 bits per heavy atom. The first kappa shape index (κ1) is 17.2. The van der Waals surface area contributed by atoms with E-state index in [2.05, 4.69) is 12.0 Å². The molecule has 3 unspecified atom stereocenters. The second-order valence-electron chi connectivity index (χ2n) is 5.36. The first-order chi connectivity index (χ1) is 9.77. The van der Waals surface area contributed by atoms with Gasteiger partial charge in [0.2, 0.25) is 11.8 Å². The molecular weight excluding hydrogens is 274 g/mol. The molecule has 0 spiro atoms. The largest absolute Gasteiger partial charge is 0.480 e. The molecule has 1 aliphatic heterocycles. The maximum absolute atomic E-state index is 11.4. The summed E-state index contributed by atoms with van der Waals surface area (Å²) in [5.41, 5.74) is 2.60. The SMILES string of the molecule is C=CC1CC(C(=O)O)N(NC(C)=O)C1CCN(C)C(C)=O. The highest BCUT2D eigenvalue weighted by atomic mass is 16.4. The summed E-state index contributed by atoms with van der Waals surface area (Å²) < 4.78 is 0. The molecule has 0 aromatic carbocycles. The van der Waals surface area contributed by atoms with Crippen molar-refractivity contribution in [2.75, 3.05) is 13.6 Å². The van der Waals surface area contributed by atoms with Crippen molar-refractivity contribution in [1.29, 1.82) is 0 Å². The number of nitrogens with zero attached hydrogens (tertiary/aromatic N) is 2. The highest BCUT2D eigenvalue weighted by Gasteiger charge is 2.43. The molecule has 1 saturated heterocycles. The minimum Gasteiger partial charge on any atom is -0.480 e. The normalized spacial score (nSPS) is 25.4. The molecule has 0 aromatic heterocycles. The molecule has 1 heterocycles. The summed E-state index contributed by atoms with van der Waals surface area (Å²) in [6.45, 7) is 7.07.